The van der Waals surface area contributed by atoms with E-state index >= 15 is 0 Å². The van der Waals surface area contributed by atoms with Gasteiger partial charge in [0.1, 0.15) is 0 Å². The number of amides is 2. The lowest BCUT2D eigenvalue weighted by Gasteiger charge is -2.33. The number of likely N-dealkylation sites (tertiary alicyclic amines) is 1. The minimum Gasteiger partial charge on any atom is -0.395 e. The summed E-state index contributed by atoms with van der Waals surface area (Å²) in [6, 6.07) is -0.0359. The maximum Gasteiger partial charge on any atom is 0.317 e. The first-order valence-corrected chi connectivity index (χ1v) is 5.78. The van der Waals surface area contributed by atoms with Gasteiger partial charge in [0.2, 0.25) is 0 Å². The molecule has 0 radical (unpaired) electrons. The average Bonchev–Trinajstić information content (AvgIpc) is 2.26. The van der Waals surface area contributed by atoms with Gasteiger partial charge in [0.15, 0.2) is 0 Å². The first-order chi connectivity index (χ1) is 7.15. The number of carbonyl (C=O) groups excluding carboxylic acids is 1. The van der Waals surface area contributed by atoms with E-state index < -0.39 is 0 Å². The monoisotopic (exact) mass is 214 g/mol. The fraction of sp³-hybridized carbons (Fsp3) is 0.909. The smallest absolute Gasteiger partial charge is 0.317 e. The molecule has 0 unspecified atom stereocenters. The molecule has 2 amide bonds. The summed E-state index contributed by atoms with van der Waals surface area (Å²) in [5, 5.41) is 11.3. The molecule has 0 aromatic rings. The zero-order chi connectivity index (χ0) is 11.3. The summed E-state index contributed by atoms with van der Waals surface area (Å²) in [5.41, 5.74) is 0. The van der Waals surface area contributed by atoms with E-state index in [0.717, 1.165) is 31.8 Å². The van der Waals surface area contributed by atoms with Crippen LogP contribution >= 0.6 is 0 Å². The highest BCUT2D eigenvalue weighted by Crippen LogP contribution is 2.24. The number of hydrogen-bond donors (Lipinski definition) is 2. The van der Waals surface area contributed by atoms with Crippen LogP contribution < -0.4 is 5.32 Å². The van der Waals surface area contributed by atoms with Crippen molar-refractivity contribution in [2.45, 2.75) is 26.7 Å². The van der Waals surface area contributed by atoms with Gasteiger partial charge in [0.05, 0.1) is 6.61 Å². The third-order valence-electron chi connectivity index (χ3n) is 3.16. The summed E-state index contributed by atoms with van der Waals surface area (Å²) in [4.78, 5) is 13.4. The molecule has 1 heterocycles. The summed E-state index contributed by atoms with van der Waals surface area (Å²) < 4.78 is 0. The van der Waals surface area contributed by atoms with E-state index in [1.54, 1.807) is 0 Å². The Hall–Kier alpha value is -0.770. The van der Waals surface area contributed by atoms with Gasteiger partial charge in [-0.1, -0.05) is 13.8 Å². The summed E-state index contributed by atoms with van der Waals surface area (Å²) in [7, 11) is 0. The minimum atomic E-state index is -0.0359. The predicted octanol–water partition coefficient (Wildman–Crippen LogP) is 1.06. The van der Waals surface area contributed by atoms with Gasteiger partial charge in [0, 0.05) is 19.6 Å². The third kappa shape index (κ3) is 3.70. The van der Waals surface area contributed by atoms with Crippen LogP contribution in [0.25, 0.3) is 0 Å². The van der Waals surface area contributed by atoms with Crippen LogP contribution in [0.5, 0.6) is 0 Å². The normalized spacial score (nSPS) is 18.3. The number of urea groups is 1. The lowest BCUT2D eigenvalue weighted by atomic mass is 9.87. The van der Waals surface area contributed by atoms with Gasteiger partial charge in [-0.25, -0.2) is 4.79 Å². The quantitative estimate of drug-likeness (QED) is 0.738. The Balaban J connectivity index is 2.27. The molecule has 1 fully saturated rings. The molecule has 4 heteroatoms. The highest BCUT2D eigenvalue weighted by molar-refractivity contribution is 5.74. The Morgan fingerprint density at radius 1 is 1.47 bits per heavy atom. The lowest BCUT2D eigenvalue weighted by Crippen LogP contribution is -2.45. The standard InChI is InChI=1S/C11H22N2O2/c1-9(2)10-3-6-13(7-4-10)11(15)12-5-8-14/h9-10,14H,3-8H2,1-2H3,(H,12,15). The predicted molar refractivity (Wildman–Crippen MR) is 59.6 cm³/mol. The maximum atomic E-state index is 11.5. The van der Waals surface area contributed by atoms with Crippen molar-refractivity contribution in [1.82, 2.24) is 10.2 Å². The second kappa shape index (κ2) is 5.95. The fourth-order valence-corrected chi connectivity index (χ4v) is 2.04. The van der Waals surface area contributed by atoms with Crippen LogP contribution in [0.4, 0.5) is 4.79 Å². The molecule has 2 N–H and O–H groups in total. The van der Waals surface area contributed by atoms with Crippen LogP contribution in [0.3, 0.4) is 0 Å². The first-order valence-electron chi connectivity index (χ1n) is 5.78. The molecule has 0 aromatic carbocycles. The third-order valence-corrected chi connectivity index (χ3v) is 3.16. The van der Waals surface area contributed by atoms with Crippen molar-refractivity contribution in [3.05, 3.63) is 0 Å². The Bertz CT molecular complexity index is 199. The van der Waals surface area contributed by atoms with Gasteiger partial charge in [-0.05, 0) is 24.7 Å². The second-order valence-electron chi connectivity index (χ2n) is 4.52. The van der Waals surface area contributed by atoms with Crippen LogP contribution in [0.1, 0.15) is 26.7 Å². The lowest BCUT2D eigenvalue weighted by molar-refractivity contribution is 0.154. The van der Waals surface area contributed by atoms with Crippen molar-refractivity contribution in [2.24, 2.45) is 11.8 Å². The Morgan fingerprint density at radius 2 is 2.07 bits per heavy atom. The van der Waals surface area contributed by atoms with Crippen molar-refractivity contribution in [2.75, 3.05) is 26.2 Å². The van der Waals surface area contributed by atoms with Gasteiger partial charge in [-0.3, -0.25) is 0 Å². The molecule has 0 bridgehead atoms. The van der Waals surface area contributed by atoms with Crippen molar-refractivity contribution in [3.8, 4) is 0 Å². The number of aliphatic hydroxyl groups excluding tert-OH is 1. The van der Waals surface area contributed by atoms with Gasteiger partial charge in [-0.2, -0.15) is 0 Å². The van der Waals surface area contributed by atoms with Gasteiger partial charge in [0.25, 0.3) is 0 Å². The van der Waals surface area contributed by atoms with Gasteiger partial charge in [-0.15, -0.1) is 0 Å². The zero-order valence-electron chi connectivity index (χ0n) is 9.70. The van der Waals surface area contributed by atoms with Crippen LogP contribution in [0.15, 0.2) is 0 Å². The number of rotatable bonds is 3. The maximum absolute atomic E-state index is 11.5. The Kier molecular flexibility index (Phi) is 4.88. The minimum absolute atomic E-state index is 0.00813. The molecule has 1 rings (SSSR count). The van der Waals surface area contributed by atoms with Crippen molar-refractivity contribution in [1.29, 1.82) is 0 Å². The molecule has 15 heavy (non-hydrogen) atoms. The van der Waals surface area contributed by atoms with Crippen molar-refractivity contribution in [3.63, 3.8) is 0 Å². The van der Waals surface area contributed by atoms with Crippen molar-refractivity contribution < 1.29 is 9.90 Å². The van der Waals surface area contributed by atoms with Crippen LogP contribution in [0, 0.1) is 11.8 Å². The molecule has 88 valence electrons. The molecule has 4 nitrogen and oxygen atoms in total. The van der Waals surface area contributed by atoms with E-state index in [1.807, 2.05) is 4.90 Å². The van der Waals surface area contributed by atoms with E-state index in [-0.39, 0.29) is 12.6 Å². The number of nitrogens with zero attached hydrogens (tertiary/aromatic N) is 1. The van der Waals surface area contributed by atoms with E-state index in [2.05, 4.69) is 19.2 Å². The number of piperidine rings is 1. The van der Waals surface area contributed by atoms with E-state index in [1.165, 1.54) is 0 Å². The van der Waals surface area contributed by atoms with E-state index in [4.69, 9.17) is 5.11 Å². The fourth-order valence-electron chi connectivity index (χ4n) is 2.04. The molecule has 0 spiro atoms. The molecule has 0 saturated carbocycles. The summed E-state index contributed by atoms with van der Waals surface area (Å²) in [6.45, 7) is 6.54. The van der Waals surface area contributed by atoms with Gasteiger partial charge >= 0.3 is 6.03 Å². The number of carbonyl (C=O) groups is 1. The van der Waals surface area contributed by atoms with Crippen LogP contribution in [-0.4, -0.2) is 42.3 Å². The second-order valence-corrected chi connectivity index (χ2v) is 4.52. The molecule has 1 saturated heterocycles. The van der Waals surface area contributed by atoms with Crippen LogP contribution in [-0.2, 0) is 0 Å². The molecule has 0 atom stereocenters. The summed E-state index contributed by atoms with van der Waals surface area (Å²) in [5.74, 6) is 1.47. The molecular formula is C11H22N2O2. The molecule has 0 aromatic heterocycles. The highest BCUT2D eigenvalue weighted by Gasteiger charge is 2.23. The molecule has 0 aliphatic carbocycles. The zero-order valence-corrected chi connectivity index (χ0v) is 9.70. The topological polar surface area (TPSA) is 52.6 Å². The number of nitrogens with one attached hydrogen (secondary N) is 1. The highest BCUT2D eigenvalue weighted by atomic mass is 16.3. The average molecular weight is 214 g/mol. The Morgan fingerprint density at radius 3 is 2.53 bits per heavy atom. The SMILES string of the molecule is CC(C)C1CCN(C(=O)NCCO)CC1. The van der Waals surface area contributed by atoms with E-state index in [9.17, 15) is 4.79 Å². The first kappa shape index (κ1) is 12.3. The Labute approximate surface area is 91.6 Å². The summed E-state index contributed by atoms with van der Waals surface area (Å²) >= 11 is 0. The van der Waals surface area contributed by atoms with Gasteiger partial charge < -0.3 is 15.3 Å². The van der Waals surface area contributed by atoms with Crippen molar-refractivity contribution >= 4 is 6.03 Å². The molecule has 1 aliphatic rings. The number of aliphatic hydroxyl groups is 1. The molecule has 1 aliphatic heterocycles. The van der Waals surface area contributed by atoms with E-state index in [0.29, 0.717) is 12.5 Å². The largest absolute Gasteiger partial charge is 0.395 e. The summed E-state index contributed by atoms with van der Waals surface area (Å²) in [6.07, 6.45) is 2.20. The van der Waals surface area contributed by atoms with Crippen LogP contribution in [0.2, 0.25) is 0 Å². The number of hydrogen-bond acceptors (Lipinski definition) is 2. The molecular weight excluding hydrogens is 192 g/mol.